The van der Waals surface area contributed by atoms with E-state index in [2.05, 4.69) is 0 Å². The molecule has 0 bridgehead atoms. The largest absolute Gasteiger partial charge is 0.239 e. The minimum absolute atomic E-state index is 0.188. The minimum Gasteiger partial charge on any atom is -0.225 e. The molecule has 0 aliphatic carbocycles. The van der Waals surface area contributed by atoms with E-state index in [1.807, 2.05) is 0 Å². The maximum absolute atomic E-state index is 12.8. The molecule has 0 atom stereocenters. The van der Waals surface area contributed by atoms with Crippen LogP contribution in [-0.4, -0.2) is 8.42 Å². The normalized spacial score (nSPS) is 11.7. The van der Waals surface area contributed by atoms with E-state index < -0.39 is 15.8 Å². The van der Waals surface area contributed by atoms with Crippen molar-refractivity contribution in [2.45, 2.75) is 11.8 Å². The van der Waals surface area contributed by atoms with Crippen molar-refractivity contribution in [2.24, 2.45) is 5.14 Å². The molecule has 3 nitrogen and oxygen atoms in total. The van der Waals surface area contributed by atoms with Gasteiger partial charge in [-0.3, -0.25) is 0 Å². The number of sulfonamides is 1. The first-order chi connectivity index (χ1) is 5.82. The molecule has 0 aromatic heterocycles. The molecular weight excluding hydrogens is 217 g/mol. The van der Waals surface area contributed by atoms with Gasteiger partial charge in [-0.1, -0.05) is 11.6 Å². The van der Waals surface area contributed by atoms with Gasteiger partial charge in [-0.25, -0.2) is 17.9 Å². The predicted octanol–water partition coefficient (Wildman–Crippen LogP) is 1.43. The summed E-state index contributed by atoms with van der Waals surface area (Å²) in [4.78, 5) is -0.256. The highest BCUT2D eigenvalue weighted by Crippen LogP contribution is 2.23. The topological polar surface area (TPSA) is 60.2 Å². The van der Waals surface area contributed by atoms with Crippen LogP contribution in [0.4, 0.5) is 4.39 Å². The van der Waals surface area contributed by atoms with Gasteiger partial charge in [0.25, 0.3) is 0 Å². The fraction of sp³-hybridized carbons (Fsp3) is 0.143. The van der Waals surface area contributed by atoms with E-state index >= 15 is 0 Å². The lowest BCUT2D eigenvalue weighted by molar-refractivity contribution is 0.595. The monoisotopic (exact) mass is 223 g/mol. The molecule has 6 heteroatoms. The van der Waals surface area contributed by atoms with E-state index in [1.165, 1.54) is 6.92 Å². The van der Waals surface area contributed by atoms with Crippen molar-refractivity contribution >= 4 is 21.6 Å². The maximum Gasteiger partial charge on any atom is 0.239 e. The summed E-state index contributed by atoms with van der Waals surface area (Å²) in [6, 6.07) is 2.03. The first-order valence-electron chi connectivity index (χ1n) is 3.31. The molecular formula is C7H7ClFNO2S. The van der Waals surface area contributed by atoms with Crippen LogP contribution < -0.4 is 5.14 Å². The Morgan fingerprint density at radius 2 is 2.00 bits per heavy atom. The van der Waals surface area contributed by atoms with Gasteiger partial charge in [0, 0.05) is 0 Å². The van der Waals surface area contributed by atoms with Crippen molar-refractivity contribution in [1.29, 1.82) is 0 Å². The van der Waals surface area contributed by atoms with E-state index in [-0.39, 0.29) is 15.5 Å². The number of aryl methyl sites for hydroxylation is 1. The molecule has 1 aromatic carbocycles. The Kier molecular flexibility index (Phi) is 2.61. The van der Waals surface area contributed by atoms with Crippen LogP contribution in [0.25, 0.3) is 0 Å². The van der Waals surface area contributed by atoms with Crippen molar-refractivity contribution in [1.82, 2.24) is 0 Å². The second-order valence-electron chi connectivity index (χ2n) is 2.58. The first-order valence-corrected chi connectivity index (χ1v) is 5.23. The van der Waals surface area contributed by atoms with Crippen LogP contribution in [0, 0.1) is 12.7 Å². The number of hydrogen-bond acceptors (Lipinski definition) is 2. The van der Waals surface area contributed by atoms with Crippen LogP contribution in [0.1, 0.15) is 5.56 Å². The quantitative estimate of drug-likeness (QED) is 0.783. The zero-order valence-corrected chi connectivity index (χ0v) is 8.29. The van der Waals surface area contributed by atoms with Crippen molar-refractivity contribution < 1.29 is 12.8 Å². The molecule has 0 aliphatic heterocycles. The van der Waals surface area contributed by atoms with Gasteiger partial charge in [0.15, 0.2) is 0 Å². The van der Waals surface area contributed by atoms with Crippen molar-refractivity contribution in [3.8, 4) is 0 Å². The molecule has 0 spiro atoms. The molecule has 0 saturated heterocycles. The lowest BCUT2D eigenvalue weighted by atomic mass is 10.2. The average molecular weight is 224 g/mol. The van der Waals surface area contributed by atoms with Gasteiger partial charge >= 0.3 is 0 Å². The molecule has 72 valence electrons. The van der Waals surface area contributed by atoms with Gasteiger partial charge in [-0.2, -0.15) is 0 Å². The molecule has 0 radical (unpaired) electrons. The molecule has 1 rings (SSSR count). The van der Waals surface area contributed by atoms with E-state index in [9.17, 15) is 12.8 Å². The Morgan fingerprint density at radius 1 is 1.46 bits per heavy atom. The molecule has 13 heavy (non-hydrogen) atoms. The molecule has 0 saturated carbocycles. The number of hydrogen-bond donors (Lipinski definition) is 1. The van der Waals surface area contributed by atoms with Crippen LogP contribution in [0.15, 0.2) is 17.0 Å². The second-order valence-corrected chi connectivity index (χ2v) is 4.51. The smallest absolute Gasteiger partial charge is 0.225 e. The third-order valence-electron chi connectivity index (χ3n) is 1.52. The van der Waals surface area contributed by atoms with Gasteiger partial charge in [0.1, 0.15) is 10.7 Å². The SMILES string of the molecule is Cc1cc(S(N)(=O)=O)c(Cl)cc1F. The number of primary sulfonamides is 1. The third kappa shape index (κ3) is 2.18. The first kappa shape index (κ1) is 10.4. The molecule has 0 fully saturated rings. The predicted molar refractivity (Wildman–Crippen MR) is 47.5 cm³/mol. The summed E-state index contributed by atoms with van der Waals surface area (Å²) in [7, 11) is -3.87. The molecule has 2 N–H and O–H groups in total. The molecule has 0 heterocycles. The number of benzene rings is 1. The van der Waals surface area contributed by atoms with Crippen molar-refractivity contribution in [2.75, 3.05) is 0 Å². The Labute approximate surface area is 80.4 Å². The lowest BCUT2D eigenvalue weighted by Gasteiger charge is -2.03. The Morgan fingerprint density at radius 3 is 2.46 bits per heavy atom. The van der Waals surface area contributed by atoms with Gasteiger partial charge in [0.2, 0.25) is 10.0 Å². The highest BCUT2D eigenvalue weighted by atomic mass is 35.5. The standard InChI is InChI=1S/C7H7ClFNO2S/c1-4-2-7(13(10,11)12)5(8)3-6(4)9/h2-3H,1H3,(H2,10,11,12). The average Bonchev–Trinajstić information content (AvgIpc) is 1.94. The van der Waals surface area contributed by atoms with Crippen LogP contribution in [0.2, 0.25) is 5.02 Å². The summed E-state index contributed by atoms with van der Waals surface area (Å²) in [5.74, 6) is -0.558. The Balaban J connectivity index is 3.50. The maximum atomic E-state index is 12.8. The summed E-state index contributed by atoms with van der Waals surface area (Å²) in [6.07, 6.45) is 0. The highest BCUT2D eigenvalue weighted by Gasteiger charge is 2.14. The molecule has 1 aromatic rings. The fourth-order valence-corrected chi connectivity index (χ4v) is 1.99. The fourth-order valence-electron chi connectivity index (χ4n) is 0.849. The highest BCUT2D eigenvalue weighted by molar-refractivity contribution is 7.89. The number of rotatable bonds is 1. The summed E-state index contributed by atoms with van der Waals surface area (Å²) in [6.45, 7) is 1.43. The van der Waals surface area contributed by atoms with Gasteiger partial charge in [0.05, 0.1) is 5.02 Å². The zero-order chi connectivity index (χ0) is 10.2. The lowest BCUT2D eigenvalue weighted by Crippen LogP contribution is -2.13. The van der Waals surface area contributed by atoms with Crippen LogP contribution >= 0.6 is 11.6 Å². The second kappa shape index (κ2) is 3.25. The van der Waals surface area contributed by atoms with E-state index in [1.54, 1.807) is 0 Å². The van der Waals surface area contributed by atoms with Crippen LogP contribution in [0.5, 0.6) is 0 Å². The minimum atomic E-state index is -3.87. The van der Waals surface area contributed by atoms with Crippen LogP contribution in [-0.2, 0) is 10.0 Å². The summed E-state index contributed by atoms with van der Waals surface area (Å²) in [5, 5.41) is 4.64. The summed E-state index contributed by atoms with van der Waals surface area (Å²) >= 11 is 5.49. The van der Waals surface area contributed by atoms with Gasteiger partial charge < -0.3 is 0 Å². The van der Waals surface area contributed by atoms with E-state index in [0.717, 1.165) is 12.1 Å². The van der Waals surface area contributed by atoms with Crippen molar-refractivity contribution in [3.05, 3.63) is 28.5 Å². The van der Waals surface area contributed by atoms with E-state index in [0.29, 0.717) is 0 Å². The van der Waals surface area contributed by atoms with Crippen molar-refractivity contribution in [3.63, 3.8) is 0 Å². The third-order valence-corrected chi connectivity index (χ3v) is 2.90. The van der Waals surface area contributed by atoms with Gasteiger partial charge in [-0.15, -0.1) is 0 Å². The zero-order valence-electron chi connectivity index (χ0n) is 6.71. The number of nitrogens with two attached hydrogens (primary N) is 1. The molecule has 0 aliphatic rings. The summed E-state index contributed by atoms with van der Waals surface area (Å²) < 4.78 is 34.6. The molecule has 0 amide bonds. The Hall–Kier alpha value is -0.650. The van der Waals surface area contributed by atoms with Crippen LogP contribution in [0.3, 0.4) is 0 Å². The van der Waals surface area contributed by atoms with Gasteiger partial charge in [-0.05, 0) is 24.6 Å². The molecule has 0 unspecified atom stereocenters. The summed E-state index contributed by atoms with van der Waals surface area (Å²) in [5.41, 5.74) is 0.188. The Bertz CT molecular complexity index is 444. The number of halogens is 2. The van der Waals surface area contributed by atoms with E-state index in [4.69, 9.17) is 16.7 Å².